The molecule has 0 aliphatic carbocycles. The van der Waals surface area contributed by atoms with Crippen molar-refractivity contribution in [2.24, 2.45) is 5.73 Å². The van der Waals surface area contributed by atoms with Gasteiger partial charge in [-0.15, -0.1) is 11.3 Å². The number of rotatable bonds is 5. The smallest absolute Gasteiger partial charge is 0.251 e. The summed E-state index contributed by atoms with van der Waals surface area (Å²) in [6.45, 7) is 1.09. The largest absolute Gasteiger partial charge is 0.326 e. The molecule has 0 unspecified atom stereocenters. The van der Waals surface area contributed by atoms with Gasteiger partial charge in [-0.3, -0.25) is 0 Å². The van der Waals surface area contributed by atoms with Crippen LogP contribution in [0.15, 0.2) is 10.3 Å². The molecule has 8 heteroatoms. The number of thiophene rings is 1. The molecule has 1 heterocycles. The van der Waals surface area contributed by atoms with E-state index in [-0.39, 0.29) is 10.8 Å². The van der Waals surface area contributed by atoms with Crippen molar-refractivity contribution in [3.05, 3.63) is 16.5 Å². The van der Waals surface area contributed by atoms with Crippen molar-refractivity contribution in [1.29, 1.82) is 0 Å². The van der Waals surface area contributed by atoms with Crippen LogP contribution in [0.3, 0.4) is 0 Å². The summed E-state index contributed by atoms with van der Waals surface area (Å²) in [6, 6.07) is 1.43. The Labute approximate surface area is 96.5 Å². The number of sulfonamides is 1. The van der Waals surface area contributed by atoms with Crippen LogP contribution >= 0.6 is 11.3 Å². The summed E-state index contributed by atoms with van der Waals surface area (Å²) in [4.78, 5) is 0.734. The van der Waals surface area contributed by atoms with E-state index in [9.17, 15) is 17.2 Å². The molecule has 92 valence electrons. The van der Waals surface area contributed by atoms with Crippen molar-refractivity contribution in [3.63, 3.8) is 0 Å². The van der Waals surface area contributed by atoms with Gasteiger partial charge in [0.15, 0.2) is 0 Å². The standard InChI is InChI=1S/C8H12F2N2O2S2/c1-5-2-8(15-6(5)3-11)16(13,14)12-4-7(9)10/h2,7,12H,3-4,11H2,1H3. The summed E-state index contributed by atoms with van der Waals surface area (Å²) in [7, 11) is -3.83. The molecule has 0 fully saturated rings. The van der Waals surface area contributed by atoms with Crippen molar-refractivity contribution in [3.8, 4) is 0 Å². The Bertz CT molecular complexity index is 457. The minimum atomic E-state index is -3.83. The first-order valence-electron chi connectivity index (χ1n) is 4.44. The topological polar surface area (TPSA) is 72.2 Å². The quantitative estimate of drug-likeness (QED) is 0.840. The van der Waals surface area contributed by atoms with Gasteiger partial charge in [0.05, 0.1) is 6.54 Å². The molecule has 0 spiro atoms. The lowest BCUT2D eigenvalue weighted by molar-refractivity contribution is 0.153. The molecular weight excluding hydrogens is 258 g/mol. The van der Waals surface area contributed by atoms with Crippen molar-refractivity contribution in [1.82, 2.24) is 4.72 Å². The minimum Gasteiger partial charge on any atom is -0.326 e. The van der Waals surface area contributed by atoms with E-state index < -0.39 is 23.0 Å². The summed E-state index contributed by atoms with van der Waals surface area (Å²) in [5.74, 6) is 0. The van der Waals surface area contributed by atoms with Crippen LogP contribution in [-0.4, -0.2) is 21.4 Å². The molecule has 0 aliphatic heterocycles. The number of halogens is 2. The molecule has 0 amide bonds. The Balaban J connectivity index is 2.90. The molecule has 1 rings (SSSR count). The van der Waals surface area contributed by atoms with E-state index in [2.05, 4.69) is 0 Å². The van der Waals surface area contributed by atoms with E-state index in [1.165, 1.54) is 6.07 Å². The number of aryl methyl sites for hydroxylation is 1. The normalized spacial score (nSPS) is 12.3. The van der Waals surface area contributed by atoms with Crippen molar-refractivity contribution in [2.45, 2.75) is 24.1 Å². The second-order valence-electron chi connectivity index (χ2n) is 3.12. The van der Waals surface area contributed by atoms with Gasteiger partial charge >= 0.3 is 0 Å². The highest BCUT2D eigenvalue weighted by atomic mass is 32.2. The van der Waals surface area contributed by atoms with Crippen molar-refractivity contribution in [2.75, 3.05) is 6.54 Å². The molecule has 0 aliphatic rings. The third kappa shape index (κ3) is 3.21. The highest BCUT2D eigenvalue weighted by Gasteiger charge is 2.19. The fourth-order valence-electron chi connectivity index (χ4n) is 1.07. The minimum absolute atomic E-state index is 0.0195. The number of hydrogen-bond acceptors (Lipinski definition) is 4. The van der Waals surface area contributed by atoms with Gasteiger partial charge in [0.1, 0.15) is 4.21 Å². The average molecular weight is 270 g/mol. The lowest BCUT2D eigenvalue weighted by Crippen LogP contribution is -2.28. The van der Waals surface area contributed by atoms with Crippen LogP contribution in [0.5, 0.6) is 0 Å². The Morgan fingerprint density at radius 1 is 1.56 bits per heavy atom. The van der Waals surface area contributed by atoms with Gasteiger partial charge in [0, 0.05) is 11.4 Å². The van der Waals surface area contributed by atoms with Gasteiger partial charge in [-0.25, -0.2) is 21.9 Å². The Morgan fingerprint density at radius 2 is 2.19 bits per heavy atom. The molecular formula is C8H12F2N2O2S2. The Morgan fingerprint density at radius 3 is 2.62 bits per heavy atom. The zero-order valence-corrected chi connectivity index (χ0v) is 10.2. The molecule has 1 aromatic rings. The zero-order valence-electron chi connectivity index (χ0n) is 8.54. The van der Waals surface area contributed by atoms with Gasteiger partial charge in [-0.1, -0.05) is 0 Å². The number of nitrogens with one attached hydrogen (secondary N) is 1. The van der Waals surface area contributed by atoms with E-state index in [0.717, 1.165) is 21.8 Å². The van der Waals surface area contributed by atoms with Gasteiger partial charge in [-0.2, -0.15) is 0 Å². The maximum absolute atomic E-state index is 11.9. The van der Waals surface area contributed by atoms with E-state index in [0.29, 0.717) is 0 Å². The van der Waals surface area contributed by atoms with Crippen LogP contribution in [0, 0.1) is 6.92 Å². The van der Waals surface area contributed by atoms with Crippen LogP contribution in [0.25, 0.3) is 0 Å². The first-order valence-corrected chi connectivity index (χ1v) is 6.74. The van der Waals surface area contributed by atoms with E-state index in [1.807, 2.05) is 4.72 Å². The summed E-state index contributed by atoms with van der Waals surface area (Å²) < 4.78 is 48.7. The number of alkyl halides is 2. The van der Waals surface area contributed by atoms with Crippen LogP contribution in [0.1, 0.15) is 10.4 Å². The van der Waals surface area contributed by atoms with Gasteiger partial charge in [0.25, 0.3) is 6.43 Å². The lowest BCUT2D eigenvalue weighted by atomic mass is 10.3. The molecule has 0 bridgehead atoms. The van der Waals surface area contributed by atoms with E-state index in [4.69, 9.17) is 5.73 Å². The second kappa shape index (κ2) is 5.17. The number of nitrogens with two attached hydrogens (primary N) is 1. The van der Waals surface area contributed by atoms with Crippen molar-refractivity contribution >= 4 is 21.4 Å². The third-order valence-corrected chi connectivity index (χ3v) is 5.03. The zero-order chi connectivity index (χ0) is 12.3. The summed E-state index contributed by atoms with van der Waals surface area (Å²) in [5, 5.41) is 0. The molecule has 3 N–H and O–H groups in total. The molecule has 0 saturated carbocycles. The summed E-state index contributed by atoms with van der Waals surface area (Å²) in [5.41, 5.74) is 6.16. The fourth-order valence-corrected chi connectivity index (χ4v) is 3.59. The average Bonchev–Trinajstić information content (AvgIpc) is 2.57. The molecule has 4 nitrogen and oxygen atoms in total. The predicted octanol–water partition coefficient (Wildman–Crippen LogP) is 1.06. The molecule has 0 saturated heterocycles. The first-order chi connectivity index (χ1) is 7.36. The van der Waals surface area contributed by atoms with Gasteiger partial charge < -0.3 is 5.73 Å². The highest BCUT2D eigenvalue weighted by molar-refractivity contribution is 7.91. The second-order valence-corrected chi connectivity index (χ2v) is 6.25. The molecule has 0 atom stereocenters. The predicted molar refractivity (Wildman–Crippen MR) is 58.1 cm³/mol. The maximum Gasteiger partial charge on any atom is 0.251 e. The monoisotopic (exact) mass is 270 g/mol. The van der Waals surface area contributed by atoms with Crippen LogP contribution in [0.2, 0.25) is 0 Å². The molecule has 0 aromatic carbocycles. The summed E-state index contributed by atoms with van der Waals surface area (Å²) >= 11 is 0.998. The van der Waals surface area contributed by atoms with Gasteiger partial charge in [0.2, 0.25) is 10.0 Å². The lowest BCUT2D eigenvalue weighted by Gasteiger charge is -2.02. The van der Waals surface area contributed by atoms with Gasteiger partial charge in [-0.05, 0) is 18.6 Å². The maximum atomic E-state index is 11.9. The molecule has 16 heavy (non-hydrogen) atoms. The van der Waals surface area contributed by atoms with E-state index >= 15 is 0 Å². The van der Waals surface area contributed by atoms with Crippen LogP contribution in [0.4, 0.5) is 8.78 Å². The Hall–Kier alpha value is -0.570. The van der Waals surface area contributed by atoms with E-state index in [1.54, 1.807) is 6.92 Å². The summed E-state index contributed by atoms with van der Waals surface area (Å²) in [6.07, 6.45) is -2.70. The van der Waals surface area contributed by atoms with Crippen molar-refractivity contribution < 1.29 is 17.2 Å². The van der Waals surface area contributed by atoms with Crippen LogP contribution in [-0.2, 0) is 16.6 Å². The molecule has 1 aromatic heterocycles. The third-order valence-electron chi connectivity index (χ3n) is 1.88. The Kier molecular flexibility index (Phi) is 4.36. The SMILES string of the molecule is Cc1cc(S(=O)(=O)NCC(F)F)sc1CN. The van der Waals surface area contributed by atoms with Crippen LogP contribution < -0.4 is 10.5 Å². The first kappa shape index (κ1) is 13.5. The fraction of sp³-hybridized carbons (Fsp3) is 0.500. The molecule has 0 radical (unpaired) electrons. The highest BCUT2D eigenvalue weighted by Crippen LogP contribution is 2.25. The number of hydrogen-bond donors (Lipinski definition) is 2.